The van der Waals surface area contributed by atoms with Crippen molar-refractivity contribution in [3.63, 3.8) is 0 Å². The maximum atomic E-state index is 13.1. The Balaban J connectivity index is 1.14. The number of piperidine rings is 1. The minimum absolute atomic E-state index is 0.0645. The van der Waals surface area contributed by atoms with Crippen molar-refractivity contribution >= 4 is 34.0 Å². The number of carbonyl (C=O) groups is 1. The molecule has 3 aliphatic rings. The molecule has 1 aromatic carbocycles. The van der Waals surface area contributed by atoms with Crippen molar-refractivity contribution < 1.29 is 4.79 Å². The van der Waals surface area contributed by atoms with Crippen molar-refractivity contribution in [3.8, 4) is 0 Å². The standard InChI is InChI=1S/C25H30N8OS/c1-14-2-3-15-11-25(21(26)16(15)10-14)5-8-32(9-6-25)19-12-29-20(22(27)31-19)23(34)33-7-4-17-18(13-33)35-24(28)30-17/h2-3,10,12,21H,4-9,11,13,26H2,1H3,(H2,27,31)(H2,28,30). The highest BCUT2D eigenvalue weighted by molar-refractivity contribution is 7.15. The van der Waals surface area contributed by atoms with Gasteiger partial charge < -0.3 is 27.0 Å². The summed E-state index contributed by atoms with van der Waals surface area (Å²) < 4.78 is 0. The monoisotopic (exact) mass is 490 g/mol. The first-order valence-electron chi connectivity index (χ1n) is 12.1. The molecule has 6 N–H and O–H groups in total. The summed E-state index contributed by atoms with van der Waals surface area (Å²) >= 11 is 1.43. The summed E-state index contributed by atoms with van der Waals surface area (Å²) in [7, 11) is 0. The van der Waals surface area contributed by atoms with Gasteiger partial charge in [-0.1, -0.05) is 23.8 Å². The highest BCUT2D eigenvalue weighted by atomic mass is 32.1. The van der Waals surface area contributed by atoms with Crippen LogP contribution in [0.4, 0.5) is 16.8 Å². The number of nitrogens with zero attached hydrogens (tertiary/aromatic N) is 5. The van der Waals surface area contributed by atoms with Gasteiger partial charge in [-0.25, -0.2) is 15.0 Å². The zero-order valence-electron chi connectivity index (χ0n) is 19.8. The lowest BCUT2D eigenvalue weighted by atomic mass is 9.73. The number of thiazole rings is 1. The van der Waals surface area contributed by atoms with E-state index in [1.165, 1.54) is 28.0 Å². The number of nitrogen functional groups attached to an aromatic ring is 2. The largest absolute Gasteiger partial charge is 0.382 e. The molecule has 1 spiro atoms. The summed E-state index contributed by atoms with van der Waals surface area (Å²) in [5, 5.41) is 0.536. The van der Waals surface area contributed by atoms with Gasteiger partial charge in [-0.15, -0.1) is 11.3 Å². The maximum absolute atomic E-state index is 13.1. The lowest BCUT2D eigenvalue weighted by Gasteiger charge is -2.42. The number of aryl methyl sites for hydroxylation is 1. The number of hydrogen-bond acceptors (Lipinski definition) is 9. The second-order valence-electron chi connectivity index (χ2n) is 10.1. The van der Waals surface area contributed by atoms with Crippen molar-refractivity contribution in [1.29, 1.82) is 0 Å². The van der Waals surface area contributed by atoms with Crippen LogP contribution in [-0.2, 0) is 19.4 Å². The fraction of sp³-hybridized carbons (Fsp3) is 0.440. The van der Waals surface area contributed by atoms with E-state index in [0.29, 0.717) is 30.5 Å². The Morgan fingerprint density at radius 3 is 2.74 bits per heavy atom. The Morgan fingerprint density at radius 1 is 1.17 bits per heavy atom. The summed E-state index contributed by atoms with van der Waals surface area (Å²) in [6, 6.07) is 6.72. The van der Waals surface area contributed by atoms with Crippen LogP contribution < -0.4 is 22.1 Å². The second-order valence-corrected chi connectivity index (χ2v) is 11.2. The maximum Gasteiger partial charge on any atom is 0.276 e. The van der Waals surface area contributed by atoms with E-state index in [2.05, 4.69) is 45.0 Å². The summed E-state index contributed by atoms with van der Waals surface area (Å²) in [5.74, 6) is 0.676. The smallest absolute Gasteiger partial charge is 0.276 e. The molecule has 2 aromatic heterocycles. The Bertz CT molecular complexity index is 1310. The molecule has 1 aliphatic carbocycles. The average Bonchev–Trinajstić information content (AvgIpc) is 3.35. The van der Waals surface area contributed by atoms with Crippen molar-refractivity contribution in [2.24, 2.45) is 11.1 Å². The molecule has 35 heavy (non-hydrogen) atoms. The lowest BCUT2D eigenvalue weighted by molar-refractivity contribution is 0.0731. The molecule has 0 radical (unpaired) electrons. The zero-order valence-corrected chi connectivity index (χ0v) is 20.6. The molecule has 10 heteroatoms. The van der Waals surface area contributed by atoms with Gasteiger partial charge in [0.25, 0.3) is 5.91 Å². The number of benzene rings is 1. The first-order chi connectivity index (χ1) is 16.8. The number of amides is 1. The average molecular weight is 491 g/mol. The topological polar surface area (TPSA) is 140 Å². The van der Waals surface area contributed by atoms with Crippen LogP contribution in [0.3, 0.4) is 0 Å². The van der Waals surface area contributed by atoms with Gasteiger partial charge in [-0.05, 0) is 42.7 Å². The summed E-state index contributed by atoms with van der Waals surface area (Å²) in [6.07, 6.45) is 5.36. The van der Waals surface area contributed by atoms with Gasteiger partial charge in [0, 0.05) is 37.0 Å². The van der Waals surface area contributed by atoms with E-state index >= 15 is 0 Å². The van der Waals surface area contributed by atoms with Crippen LogP contribution in [0, 0.1) is 12.3 Å². The Labute approximate surface area is 208 Å². The molecule has 2 aliphatic heterocycles. The lowest BCUT2D eigenvalue weighted by Crippen LogP contribution is -2.44. The molecule has 3 aromatic rings. The highest BCUT2D eigenvalue weighted by Gasteiger charge is 2.46. The van der Waals surface area contributed by atoms with E-state index in [1.807, 2.05) is 0 Å². The fourth-order valence-corrected chi connectivity index (χ4v) is 6.80. The van der Waals surface area contributed by atoms with E-state index in [-0.39, 0.29) is 28.9 Å². The van der Waals surface area contributed by atoms with Crippen molar-refractivity contribution in [1.82, 2.24) is 19.9 Å². The third-order valence-electron chi connectivity index (χ3n) is 7.95. The Morgan fingerprint density at radius 2 is 1.97 bits per heavy atom. The number of anilines is 3. The van der Waals surface area contributed by atoms with Gasteiger partial charge in [-0.3, -0.25) is 4.79 Å². The quantitative estimate of drug-likeness (QED) is 0.498. The summed E-state index contributed by atoms with van der Waals surface area (Å²) in [6.45, 7) is 4.83. The molecule has 0 saturated carbocycles. The molecule has 1 saturated heterocycles. The normalized spacial score (nSPS) is 20.7. The van der Waals surface area contributed by atoms with Crippen LogP contribution in [0.5, 0.6) is 0 Å². The minimum atomic E-state index is -0.207. The van der Waals surface area contributed by atoms with E-state index < -0.39 is 0 Å². The van der Waals surface area contributed by atoms with Crippen LogP contribution in [0.15, 0.2) is 24.4 Å². The first-order valence-corrected chi connectivity index (χ1v) is 12.9. The van der Waals surface area contributed by atoms with Crippen molar-refractivity contribution in [2.75, 3.05) is 36.0 Å². The van der Waals surface area contributed by atoms with Crippen LogP contribution in [0.2, 0.25) is 0 Å². The molecule has 4 heterocycles. The summed E-state index contributed by atoms with van der Waals surface area (Å²) in [5.41, 5.74) is 24.1. The highest BCUT2D eigenvalue weighted by Crippen LogP contribution is 2.51. The predicted octanol–water partition coefficient (Wildman–Crippen LogP) is 2.45. The Hall–Kier alpha value is -3.24. The number of carbonyl (C=O) groups excluding carboxylic acids is 1. The predicted molar refractivity (Wildman–Crippen MR) is 137 cm³/mol. The van der Waals surface area contributed by atoms with Gasteiger partial charge in [-0.2, -0.15) is 0 Å². The SMILES string of the molecule is Cc1ccc2c(c1)C(N)C1(CCN(c3cnc(C(=O)N4CCc5nc(N)sc5C4)c(N)n3)CC1)C2. The second kappa shape index (κ2) is 8.17. The number of aromatic nitrogens is 3. The minimum Gasteiger partial charge on any atom is -0.382 e. The molecule has 1 amide bonds. The van der Waals surface area contributed by atoms with E-state index in [1.54, 1.807) is 11.1 Å². The molecule has 1 atom stereocenters. The number of nitrogens with two attached hydrogens (primary N) is 3. The molecule has 1 fully saturated rings. The summed E-state index contributed by atoms with van der Waals surface area (Å²) in [4.78, 5) is 31.5. The van der Waals surface area contributed by atoms with Crippen molar-refractivity contribution in [2.45, 2.75) is 45.2 Å². The molecule has 6 rings (SSSR count). The van der Waals surface area contributed by atoms with Crippen LogP contribution in [-0.4, -0.2) is 45.4 Å². The van der Waals surface area contributed by atoms with Crippen LogP contribution >= 0.6 is 11.3 Å². The molecule has 1 unspecified atom stereocenters. The molecular formula is C25H30N8OS. The number of rotatable bonds is 2. The van der Waals surface area contributed by atoms with E-state index in [4.69, 9.17) is 17.2 Å². The van der Waals surface area contributed by atoms with Gasteiger partial charge in [0.05, 0.1) is 18.4 Å². The van der Waals surface area contributed by atoms with Gasteiger partial charge in [0.2, 0.25) is 0 Å². The third-order valence-corrected chi connectivity index (χ3v) is 8.86. The van der Waals surface area contributed by atoms with Gasteiger partial charge >= 0.3 is 0 Å². The van der Waals surface area contributed by atoms with E-state index in [9.17, 15) is 4.79 Å². The molecular weight excluding hydrogens is 460 g/mol. The first kappa shape index (κ1) is 22.2. The fourth-order valence-electron chi connectivity index (χ4n) is 5.90. The van der Waals surface area contributed by atoms with Crippen LogP contribution in [0.1, 0.15) is 56.6 Å². The zero-order chi connectivity index (χ0) is 24.3. The molecule has 182 valence electrons. The number of hydrogen-bond donors (Lipinski definition) is 3. The third kappa shape index (κ3) is 3.71. The van der Waals surface area contributed by atoms with E-state index in [0.717, 1.165) is 42.9 Å². The Kier molecular flexibility index (Phi) is 5.19. The molecule has 0 bridgehead atoms. The molecule has 9 nitrogen and oxygen atoms in total. The van der Waals surface area contributed by atoms with Crippen molar-refractivity contribution in [3.05, 3.63) is 57.4 Å². The van der Waals surface area contributed by atoms with Gasteiger partial charge in [0.15, 0.2) is 16.6 Å². The van der Waals surface area contributed by atoms with Crippen LogP contribution in [0.25, 0.3) is 0 Å². The number of fused-ring (bicyclic) bond motifs is 2. The van der Waals surface area contributed by atoms with Gasteiger partial charge in [0.1, 0.15) is 5.82 Å².